The lowest BCUT2D eigenvalue weighted by molar-refractivity contribution is 1.18. The molecule has 0 aliphatic carbocycles. The first kappa shape index (κ1) is 26.6. The monoisotopic (exact) mass is 609 g/mol. The zero-order valence-electron chi connectivity index (χ0n) is 25.9. The van der Waals surface area contributed by atoms with E-state index in [2.05, 4.69) is 167 Å². The zero-order valence-corrected chi connectivity index (χ0v) is 25.9. The Hall–Kier alpha value is -6.63. The predicted octanol–water partition coefficient (Wildman–Crippen LogP) is 11.7. The third kappa shape index (κ3) is 3.81. The van der Waals surface area contributed by atoms with Gasteiger partial charge in [0.15, 0.2) is 0 Å². The van der Waals surface area contributed by atoms with E-state index in [1.807, 2.05) is 12.1 Å². The number of hydrogen-bond donors (Lipinski definition) is 0. The highest BCUT2D eigenvalue weighted by molar-refractivity contribution is 6.17. The first-order chi connectivity index (χ1) is 23.8. The summed E-state index contributed by atoms with van der Waals surface area (Å²) in [6, 6.07) is 60.9. The van der Waals surface area contributed by atoms with Gasteiger partial charge in [0, 0.05) is 32.9 Å². The van der Waals surface area contributed by atoms with Gasteiger partial charge in [-0.2, -0.15) is 5.26 Å². The van der Waals surface area contributed by atoms with Crippen LogP contribution in [0.1, 0.15) is 5.56 Å². The van der Waals surface area contributed by atoms with E-state index >= 15 is 0 Å². The van der Waals surface area contributed by atoms with Crippen molar-refractivity contribution < 1.29 is 0 Å². The first-order valence-corrected chi connectivity index (χ1v) is 16.2. The molecule has 0 unspecified atom stereocenters. The number of fused-ring (bicyclic) bond motifs is 9. The fourth-order valence-electron chi connectivity index (χ4n) is 7.80. The van der Waals surface area contributed by atoms with Crippen molar-refractivity contribution in [2.75, 3.05) is 0 Å². The van der Waals surface area contributed by atoms with Crippen molar-refractivity contribution in [1.82, 2.24) is 9.13 Å². The Balaban J connectivity index is 1.21. The van der Waals surface area contributed by atoms with E-state index in [1.54, 1.807) is 0 Å². The van der Waals surface area contributed by atoms with Crippen molar-refractivity contribution >= 4 is 65.2 Å². The summed E-state index contributed by atoms with van der Waals surface area (Å²) in [4.78, 5) is 0. The molecule has 0 saturated carbocycles. The Morgan fingerprint density at radius 2 is 1.02 bits per heavy atom. The van der Waals surface area contributed by atoms with Crippen LogP contribution in [-0.4, -0.2) is 9.13 Å². The van der Waals surface area contributed by atoms with Crippen molar-refractivity contribution in [3.63, 3.8) is 0 Å². The number of nitrogens with zero attached hydrogens (tertiary/aromatic N) is 3. The lowest BCUT2D eigenvalue weighted by atomic mass is 9.98. The minimum absolute atomic E-state index is 0.681. The standard InChI is InChI=1S/C45H27N3/c46-28-29-17-22-35-30(25-29)18-19-31-26-34(21-24-36(31)35)48-42-15-7-5-12-40(42)45-37(13-8-16-43(45)48)32-20-23-39-38-11-4-6-14-41(38)47(44(39)27-32)33-9-2-1-3-10-33/h1-27H. The molecule has 0 saturated heterocycles. The predicted molar refractivity (Wildman–Crippen MR) is 200 cm³/mol. The molecule has 0 fully saturated rings. The Kier molecular flexibility index (Phi) is 5.64. The highest BCUT2D eigenvalue weighted by Crippen LogP contribution is 2.41. The quantitative estimate of drug-likeness (QED) is 0.183. The van der Waals surface area contributed by atoms with E-state index in [4.69, 9.17) is 0 Å². The number of rotatable bonds is 3. The van der Waals surface area contributed by atoms with Gasteiger partial charge in [-0.15, -0.1) is 0 Å². The molecular weight excluding hydrogens is 583 g/mol. The maximum absolute atomic E-state index is 9.40. The van der Waals surface area contributed by atoms with Crippen LogP contribution < -0.4 is 0 Å². The molecule has 0 amide bonds. The summed E-state index contributed by atoms with van der Waals surface area (Å²) in [7, 11) is 0. The molecule has 3 heteroatoms. The van der Waals surface area contributed by atoms with Crippen LogP contribution in [0.4, 0.5) is 0 Å². The Bertz CT molecular complexity index is 2950. The van der Waals surface area contributed by atoms with Gasteiger partial charge < -0.3 is 9.13 Å². The van der Waals surface area contributed by atoms with Gasteiger partial charge in [0.05, 0.1) is 33.7 Å². The second kappa shape index (κ2) is 10.2. The molecule has 48 heavy (non-hydrogen) atoms. The first-order valence-electron chi connectivity index (χ1n) is 16.2. The van der Waals surface area contributed by atoms with Crippen molar-refractivity contribution in [3.8, 4) is 28.6 Å². The lowest BCUT2D eigenvalue weighted by Crippen LogP contribution is -1.94. The summed E-state index contributed by atoms with van der Waals surface area (Å²) in [5, 5.41) is 19.0. The van der Waals surface area contributed by atoms with Gasteiger partial charge in [-0.3, -0.25) is 0 Å². The molecule has 0 bridgehead atoms. The Labute approximate surface area is 276 Å². The van der Waals surface area contributed by atoms with Crippen molar-refractivity contribution in [1.29, 1.82) is 5.26 Å². The third-order valence-corrected chi connectivity index (χ3v) is 9.90. The highest BCUT2D eigenvalue weighted by atomic mass is 15.0. The van der Waals surface area contributed by atoms with Gasteiger partial charge in [0.25, 0.3) is 0 Å². The van der Waals surface area contributed by atoms with Crippen LogP contribution in [0, 0.1) is 11.3 Å². The van der Waals surface area contributed by atoms with Crippen LogP contribution in [0.5, 0.6) is 0 Å². The van der Waals surface area contributed by atoms with Crippen LogP contribution in [-0.2, 0) is 0 Å². The Morgan fingerprint density at radius 1 is 0.396 bits per heavy atom. The van der Waals surface area contributed by atoms with Crippen molar-refractivity contribution in [3.05, 3.63) is 169 Å². The average molecular weight is 610 g/mol. The molecule has 8 aromatic carbocycles. The number of aromatic nitrogens is 2. The number of benzene rings is 8. The summed E-state index contributed by atoms with van der Waals surface area (Å²) >= 11 is 0. The fraction of sp³-hybridized carbons (Fsp3) is 0. The summed E-state index contributed by atoms with van der Waals surface area (Å²) < 4.78 is 4.79. The molecule has 2 aromatic heterocycles. The smallest absolute Gasteiger partial charge is 0.0991 e. The van der Waals surface area contributed by atoms with E-state index in [0.717, 1.165) is 22.1 Å². The highest BCUT2D eigenvalue weighted by Gasteiger charge is 2.18. The summed E-state index contributed by atoms with van der Waals surface area (Å²) in [6.45, 7) is 0. The van der Waals surface area contributed by atoms with Crippen LogP contribution >= 0.6 is 0 Å². The van der Waals surface area contributed by atoms with Crippen LogP contribution in [0.15, 0.2) is 164 Å². The van der Waals surface area contributed by atoms with E-state index in [-0.39, 0.29) is 0 Å². The molecule has 0 N–H and O–H groups in total. The zero-order chi connectivity index (χ0) is 31.8. The molecule has 0 radical (unpaired) electrons. The summed E-state index contributed by atoms with van der Waals surface area (Å²) in [6.07, 6.45) is 0. The molecule has 0 atom stereocenters. The van der Waals surface area contributed by atoms with E-state index in [1.165, 1.54) is 65.5 Å². The average Bonchev–Trinajstić information content (AvgIpc) is 3.67. The van der Waals surface area contributed by atoms with Crippen LogP contribution in [0.3, 0.4) is 0 Å². The molecule has 0 spiro atoms. The summed E-state index contributed by atoms with van der Waals surface area (Å²) in [5.74, 6) is 0. The second-order valence-corrected chi connectivity index (χ2v) is 12.5. The minimum atomic E-state index is 0.681. The third-order valence-electron chi connectivity index (χ3n) is 9.90. The topological polar surface area (TPSA) is 33.6 Å². The van der Waals surface area contributed by atoms with E-state index in [0.29, 0.717) is 5.56 Å². The van der Waals surface area contributed by atoms with Gasteiger partial charge in [-0.05, 0) is 93.3 Å². The fourth-order valence-corrected chi connectivity index (χ4v) is 7.80. The molecule has 0 aliphatic rings. The number of hydrogen-bond acceptors (Lipinski definition) is 1. The van der Waals surface area contributed by atoms with E-state index < -0.39 is 0 Å². The van der Waals surface area contributed by atoms with Crippen molar-refractivity contribution in [2.24, 2.45) is 0 Å². The van der Waals surface area contributed by atoms with Gasteiger partial charge >= 0.3 is 0 Å². The van der Waals surface area contributed by atoms with Gasteiger partial charge in [-0.1, -0.05) is 103 Å². The number of para-hydroxylation sites is 3. The molecule has 10 aromatic rings. The lowest BCUT2D eigenvalue weighted by Gasteiger charge is -2.12. The Morgan fingerprint density at radius 3 is 1.83 bits per heavy atom. The van der Waals surface area contributed by atoms with Crippen LogP contribution in [0.25, 0.3) is 87.7 Å². The largest absolute Gasteiger partial charge is 0.309 e. The molecule has 0 aliphatic heterocycles. The maximum atomic E-state index is 9.40. The van der Waals surface area contributed by atoms with Gasteiger partial charge in [0.2, 0.25) is 0 Å². The van der Waals surface area contributed by atoms with Gasteiger partial charge in [0.1, 0.15) is 0 Å². The van der Waals surface area contributed by atoms with Crippen LogP contribution in [0.2, 0.25) is 0 Å². The maximum Gasteiger partial charge on any atom is 0.0991 e. The molecule has 222 valence electrons. The van der Waals surface area contributed by atoms with Gasteiger partial charge in [-0.25, -0.2) is 0 Å². The molecule has 10 rings (SSSR count). The number of nitriles is 1. The molecule has 3 nitrogen and oxygen atoms in total. The molecular formula is C45H27N3. The SMILES string of the molecule is N#Cc1ccc2c(ccc3cc(-n4c5ccccc5c5c(-c6ccc7c8ccccc8n(-c8ccccc8)c7c6)cccc54)ccc32)c1. The normalized spacial score (nSPS) is 11.7. The van der Waals surface area contributed by atoms with Crippen molar-refractivity contribution in [2.45, 2.75) is 0 Å². The minimum Gasteiger partial charge on any atom is -0.309 e. The summed E-state index contributed by atoms with van der Waals surface area (Å²) in [5.41, 5.74) is 10.1. The second-order valence-electron chi connectivity index (χ2n) is 12.5. The van der Waals surface area contributed by atoms with E-state index in [9.17, 15) is 5.26 Å². The molecule has 2 heterocycles.